The third kappa shape index (κ3) is 3.09. The molecule has 1 aliphatic rings. The van der Waals surface area contributed by atoms with Gasteiger partial charge in [0.2, 0.25) is 5.89 Å². The number of nitrogens with zero attached hydrogens (tertiary/aromatic N) is 4. The van der Waals surface area contributed by atoms with Crippen LogP contribution in [0.1, 0.15) is 43.5 Å². The minimum atomic E-state index is -0.164. The summed E-state index contributed by atoms with van der Waals surface area (Å²) in [6.45, 7) is 3.32. The first-order valence-electron chi connectivity index (χ1n) is 6.85. The molecule has 0 N–H and O–H groups in total. The Morgan fingerprint density at radius 2 is 2.10 bits per heavy atom. The highest BCUT2D eigenvalue weighted by Gasteiger charge is 2.28. The minimum Gasteiger partial charge on any atom is -0.374 e. The Morgan fingerprint density at radius 3 is 2.65 bits per heavy atom. The number of aromatic nitrogens is 2. The molecule has 7 nitrogen and oxygen atoms in total. The lowest BCUT2D eigenvalue weighted by Gasteiger charge is -2.32. The van der Waals surface area contributed by atoms with Gasteiger partial charge in [0.1, 0.15) is 6.10 Å². The summed E-state index contributed by atoms with van der Waals surface area (Å²) < 4.78 is 10.5. The number of hydrogen-bond donors (Lipinski definition) is 0. The van der Waals surface area contributed by atoms with Gasteiger partial charge < -0.3 is 19.1 Å². The quantitative estimate of drug-likeness (QED) is 0.842. The van der Waals surface area contributed by atoms with Crippen molar-refractivity contribution in [2.75, 3.05) is 34.3 Å². The molecular formula is C13H22N4O3. The molecule has 1 aromatic rings. The molecule has 0 radical (unpaired) electrons. The molecule has 2 rings (SSSR count). The molecule has 1 fully saturated rings. The van der Waals surface area contributed by atoms with Gasteiger partial charge in [-0.2, -0.15) is 4.98 Å². The predicted octanol–water partition coefficient (Wildman–Crippen LogP) is 1.64. The van der Waals surface area contributed by atoms with Gasteiger partial charge in [0.25, 0.3) is 0 Å². The van der Waals surface area contributed by atoms with Crippen LogP contribution in [0.2, 0.25) is 0 Å². The van der Waals surface area contributed by atoms with Crippen molar-refractivity contribution in [3.63, 3.8) is 0 Å². The normalized spacial score (nSPS) is 18.1. The van der Waals surface area contributed by atoms with E-state index in [1.807, 2.05) is 11.8 Å². The molecule has 7 heteroatoms. The van der Waals surface area contributed by atoms with E-state index in [2.05, 4.69) is 10.1 Å². The molecule has 20 heavy (non-hydrogen) atoms. The third-order valence-corrected chi connectivity index (χ3v) is 3.67. The number of hydrogen-bond acceptors (Lipinski definition) is 5. The van der Waals surface area contributed by atoms with E-state index in [0.29, 0.717) is 11.7 Å². The van der Waals surface area contributed by atoms with Crippen molar-refractivity contribution in [3.8, 4) is 0 Å². The maximum atomic E-state index is 11.9. The predicted molar refractivity (Wildman–Crippen MR) is 72.4 cm³/mol. The molecular weight excluding hydrogens is 260 g/mol. The first-order valence-corrected chi connectivity index (χ1v) is 6.85. The lowest BCUT2D eigenvalue weighted by Crippen LogP contribution is -2.43. The lowest BCUT2D eigenvalue weighted by molar-refractivity contribution is 0.109. The van der Waals surface area contributed by atoms with Gasteiger partial charge in [-0.1, -0.05) is 5.16 Å². The van der Waals surface area contributed by atoms with Crippen molar-refractivity contribution >= 4 is 6.03 Å². The summed E-state index contributed by atoms with van der Waals surface area (Å²) in [5.74, 6) is 1.46. The number of ether oxygens (including phenoxy) is 1. The van der Waals surface area contributed by atoms with Gasteiger partial charge in [-0.05, 0) is 19.8 Å². The summed E-state index contributed by atoms with van der Waals surface area (Å²) >= 11 is 0. The van der Waals surface area contributed by atoms with Gasteiger partial charge in [0, 0.05) is 40.2 Å². The number of methoxy groups -OCH3 is 1. The molecule has 2 amide bonds. The second kappa shape index (κ2) is 6.21. The lowest BCUT2D eigenvalue weighted by atomic mass is 9.97. The van der Waals surface area contributed by atoms with Crippen LogP contribution in [0.3, 0.4) is 0 Å². The van der Waals surface area contributed by atoms with E-state index in [0.717, 1.165) is 25.9 Å². The van der Waals surface area contributed by atoms with Gasteiger partial charge in [0.05, 0.1) is 0 Å². The zero-order chi connectivity index (χ0) is 14.7. The van der Waals surface area contributed by atoms with Crippen LogP contribution in [0, 0.1) is 0 Å². The number of rotatable bonds is 3. The Hall–Kier alpha value is -1.63. The summed E-state index contributed by atoms with van der Waals surface area (Å²) in [7, 11) is 5.15. The Balaban J connectivity index is 1.94. The van der Waals surface area contributed by atoms with E-state index in [9.17, 15) is 4.79 Å². The largest absolute Gasteiger partial charge is 0.374 e. The SMILES string of the molecule is CO[C@@H](C)c1noc(C2CCN(C(=O)N(C)C)CC2)n1. The molecule has 0 aliphatic carbocycles. The number of urea groups is 1. The zero-order valence-electron chi connectivity index (χ0n) is 12.5. The molecule has 0 saturated carbocycles. The highest BCUT2D eigenvalue weighted by Crippen LogP contribution is 2.28. The van der Waals surface area contributed by atoms with Crippen LogP contribution < -0.4 is 0 Å². The first kappa shape index (κ1) is 14.8. The van der Waals surface area contributed by atoms with Crippen molar-refractivity contribution < 1.29 is 14.1 Å². The number of piperidine rings is 1. The van der Waals surface area contributed by atoms with Crippen LogP contribution in [0.4, 0.5) is 4.79 Å². The molecule has 1 aromatic heterocycles. The summed E-state index contributed by atoms with van der Waals surface area (Å²) in [5, 5.41) is 3.94. The van der Waals surface area contributed by atoms with Crippen LogP contribution in [-0.2, 0) is 4.74 Å². The molecule has 0 bridgehead atoms. The van der Waals surface area contributed by atoms with Gasteiger partial charge >= 0.3 is 6.03 Å². The van der Waals surface area contributed by atoms with Crippen LogP contribution in [0.5, 0.6) is 0 Å². The second-order valence-electron chi connectivity index (χ2n) is 5.31. The first-order chi connectivity index (χ1) is 9.52. The Kier molecular flexibility index (Phi) is 4.59. The minimum absolute atomic E-state index is 0.0580. The second-order valence-corrected chi connectivity index (χ2v) is 5.31. The molecule has 1 aliphatic heterocycles. The molecule has 2 heterocycles. The van der Waals surface area contributed by atoms with Crippen LogP contribution >= 0.6 is 0 Å². The number of amides is 2. The average Bonchev–Trinajstić information content (AvgIpc) is 2.95. The fourth-order valence-corrected chi connectivity index (χ4v) is 2.28. The van der Waals surface area contributed by atoms with E-state index in [1.54, 1.807) is 26.1 Å². The van der Waals surface area contributed by atoms with E-state index in [-0.39, 0.29) is 18.1 Å². The molecule has 112 valence electrons. The van der Waals surface area contributed by atoms with Crippen molar-refractivity contribution in [1.29, 1.82) is 0 Å². The fourth-order valence-electron chi connectivity index (χ4n) is 2.28. The maximum absolute atomic E-state index is 11.9. The number of likely N-dealkylation sites (tertiary alicyclic amines) is 1. The Bertz CT molecular complexity index is 452. The standard InChI is InChI=1S/C13H22N4O3/c1-9(19-4)11-14-12(20-15-11)10-5-7-17(8-6-10)13(18)16(2)3/h9-10H,5-8H2,1-4H3/t9-/m0/s1. The monoisotopic (exact) mass is 282 g/mol. The van der Waals surface area contributed by atoms with Gasteiger partial charge in [-0.25, -0.2) is 4.79 Å². The average molecular weight is 282 g/mol. The van der Waals surface area contributed by atoms with Crippen LogP contribution in [-0.4, -0.2) is 60.3 Å². The molecule has 1 saturated heterocycles. The highest BCUT2D eigenvalue weighted by atomic mass is 16.5. The Labute approximate surface area is 118 Å². The van der Waals surface area contributed by atoms with Gasteiger partial charge in [-0.3, -0.25) is 0 Å². The smallest absolute Gasteiger partial charge is 0.319 e. The van der Waals surface area contributed by atoms with Gasteiger partial charge in [-0.15, -0.1) is 0 Å². The van der Waals surface area contributed by atoms with Gasteiger partial charge in [0.15, 0.2) is 5.82 Å². The van der Waals surface area contributed by atoms with Crippen molar-refractivity contribution in [2.45, 2.75) is 31.8 Å². The number of carbonyl (C=O) groups excluding carboxylic acids is 1. The molecule has 0 spiro atoms. The molecule has 0 unspecified atom stereocenters. The fraction of sp³-hybridized carbons (Fsp3) is 0.769. The van der Waals surface area contributed by atoms with E-state index >= 15 is 0 Å². The molecule has 0 aromatic carbocycles. The van der Waals surface area contributed by atoms with Crippen molar-refractivity contribution in [3.05, 3.63) is 11.7 Å². The summed E-state index contributed by atoms with van der Waals surface area (Å²) in [4.78, 5) is 19.7. The molecule has 1 atom stereocenters. The summed E-state index contributed by atoms with van der Waals surface area (Å²) in [6, 6.07) is 0.0580. The van der Waals surface area contributed by atoms with Crippen molar-refractivity contribution in [1.82, 2.24) is 19.9 Å². The van der Waals surface area contributed by atoms with Crippen molar-refractivity contribution in [2.24, 2.45) is 0 Å². The maximum Gasteiger partial charge on any atom is 0.319 e. The van der Waals surface area contributed by atoms with E-state index < -0.39 is 0 Å². The summed E-state index contributed by atoms with van der Waals surface area (Å²) in [6.07, 6.45) is 1.54. The van der Waals surface area contributed by atoms with E-state index in [4.69, 9.17) is 9.26 Å². The third-order valence-electron chi connectivity index (χ3n) is 3.67. The zero-order valence-corrected chi connectivity index (χ0v) is 12.5. The highest BCUT2D eigenvalue weighted by molar-refractivity contribution is 5.73. The van der Waals surface area contributed by atoms with E-state index in [1.165, 1.54) is 0 Å². The topological polar surface area (TPSA) is 71.7 Å². The summed E-state index contributed by atoms with van der Waals surface area (Å²) in [5.41, 5.74) is 0. The Morgan fingerprint density at radius 1 is 1.45 bits per heavy atom. The van der Waals surface area contributed by atoms with Crippen LogP contribution in [0.15, 0.2) is 4.52 Å². The van der Waals surface area contributed by atoms with Crippen LogP contribution in [0.25, 0.3) is 0 Å². The number of carbonyl (C=O) groups is 1.